The molecule has 0 unspecified atom stereocenters. The van der Waals surface area contributed by atoms with Crippen LogP contribution in [0.2, 0.25) is 5.02 Å². The van der Waals surface area contributed by atoms with Gasteiger partial charge in [-0.3, -0.25) is 4.79 Å². The Labute approximate surface area is 134 Å². The largest absolute Gasteiger partial charge is 0.349 e. The van der Waals surface area contributed by atoms with Crippen LogP contribution in [0.25, 0.3) is 0 Å². The molecule has 0 fully saturated rings. The van der Waals surface area contributed by atoms with E-state index in [2.05, 4.69) is 17.4 Å². The lowest BCUT2D eigenvalue weighted by molar-refractivity contribution is -0.121. The van der Waals surface area contributed by atoms with Crippen molar-refractivity contribution >= 4 is 17.5 Å². The predicted octanol–water partition coefficient (Wildman–Crippen LogP) is 4.22. The first-order valence-corrected chi connectivity index (χ1v) is 7.82. The number of aryl methyl sites for hydroxylation is 1. The van der Waals surface area contributed by atoms with Crippen molar-refractivity contribution in [1.29, 1.82) is 0 Å². The van der Waals surface area contributed by atoms with Gasteiger partial charge in [-0.1, -0.05) is 41.9 Å². The maximum absolute atomic E-state index is 13.8. The number of halogens is 2. The van der Waals surface area contributed by atoms with Gasteiger partial charge in [0, 0.05) is 5.02 Å². The second kappa shape index (κ2) is 6.49. The molecule has 0 aromatic heterocycles. The summed E-state index contributed by atoms with van der Waals surface area (Å²) in [4.78, 5) is 12.2. The van der Waals surface area contributed by atoms with Gasteiger partial charge in [0.15, 0.2) is 0 Å². The monoisotopic (exact) mass is 317 g/mol. The van der Waals surface area contributed by atoms with Crippen LogP contribution >= 0.6 is 11.6 Å². The molecule has 0 aliphatic heterocycles. The second-order valence-electron chi connectivity index (χ2n) is 5.62. The first-order chi connectivity index (χ1) is 10.6. The third-order valence-electron chi connectivity index (χ3n) is 4.07. The zero-order chi connectivity index (χ0) is 15.5. The van der Waals surface area contributed by atoms with Crippen LogP contribution in [0.1, 0.15) is 35.6 Å². The zero-order valence-electron chi connectivity index (χ0n) is 12.1. The number of carbonyl (C=O) groups is 1. The lowest BCUT2D eigenvalue weighted by Crippen LogP contribution is -2.32. The van der Waals surface area contributed by atoms with Crippen molar-refractivity contribution < 1.29 is 9.18 Å². The maximum atomic E-state index is 13.8. The van der Waals surface area contributed by atoms with Crippen LogP contribution in [0.3, 0.4) is 0 Å². The third kappa shape index (κ3) is 3.30. The topological polar surface area (TPSA) is 29.1 Å². The molecule has 0 bridgehead atoms. The Morgan fingerprint density at radius 3 is 2.91 bits per heavy atom. The maximum Gasteiger partial charge on any atom is 0.225 e. The van der Waals surface area contributed by atoms with Gasteiger partial charge in [-0.15, -0.1) is 0 Å². The molecule has 0 saturated heterocycles. The Morgan fingerprint density at radius 2 is 2.09 bits per heavy atom. The van der Waals surface area contributed by atoms with Crippen LogP contribution in [-0.2, 0) is 17.6 Å². The summed E-state index contributed by atoms with van der Waals surface area (Å²) >= 11 is 5.72. The number of amides is 1. The number of hydrogen-bond acceptors (Lipinski definition) is 1. The van der Waals surface area contributed by atoms with Crippen molar-refractivity contribution in [2.45, 2.75) is 31.7 Å². The Balaban J connectivity index is 1.70. The Kier molecular flexibility index (Phi) is 4.44. The van der Waals surface area contributed by atoms with Gasteiger partial charge in [0.25, 0.3) is 0 Å². The molecule has 2 aromatic carbocycles. The first-order valence-electron chi connectivity index (χ1n) is 7.44. The van der Waals surface area contributed by atoms with Crippen molar-refractivity contribution in [1.82, 2.24) is 5.32 Å². The van der Waals surface area contributed by atoms with E-state index in [1.807, 2.05) is 12.1 Å². The smallest absolute Gasteiger partial charge is 0.225 e. The van der Waals surface area contributed by atoms with Crippen molar-refractivity contribution in [3.05, 3.63) is 70.0 Å². The number of fused-ring (bicyclic) bond motifs is 1. The Morgan fingerprint density at radius 1 is 1.27 bits per heavy atom. The summed E-state index contributed by atoms with van der Waals surface area (Å²) in [5.74, 6) is -0.602. The Hall–Kier alpha value is -1.87. The van der Waals surface area contributed by atoms with Crippen LogP contribution in [0.4, 0.5) is 4.39 Å². The average Bonchev–Trinajstić information content (AvgIpc) is 2.50. The van der Waals surface area contributed by atoms with E-state index < -0.39 is 5.82 Å². The quantitative estimate of drug-likeness (QED) is 0.902. The average molecular weight is 318 g/mol. The molecule has 0 spiro atoms. The molecule has 22 heavy (non-hydrogen) atoms. The summed E-state index contributed by atoms with van der Waals surface area (Å²) in [6.45, 7) is 0. The molecular formula is C18H17ClFNO. The Bertz CT molecular complexity index is 701. The minimum atomic E-state index is -0.438. The fourth-order valence-corrected chi connectivity index (χ4v) is 3.15. The lowest BCUT2D eigenvalue weighted by atomic mass is 9.87. The molecule has 114 valence electrons. The van der Waals surface area contributed by atoms with Crippen LogP contribution < -0.4 is 5.32 Å². The SMILES string of the molecule is O=C(Cc1ccc(Cl)cc1F)N[C@H]1CCCc2ccccc21. The molecule has 1 aliphatic rings. The first kappa shape index (κ1) is 15.0. The van der Waals surface area contributed by atoms with Gasteiger partial charge in [-0.2, -0.15) is 0 Å². The highest BCUT2D eigenvalue weighted by Gasteiger charge is 2.21. The van der Waals surface area contributed by atoms with E-state index in [0.29, 0.717) is 10.6 Å². The molecule has 1 aliphatic carbocycles. The molecule has 0 heterocycles. The third-order valence-corrected chi connectivity index (χ3v) is 4.31. The number of hydrogen-bond donors (Lipinski definition) is 1. The van der Waals surface area contributed by atoms with E-state index in [-0.39, 0.29) is 18.4 Å². The van der Waals surface area contributed by atoms with E-state index in [9.17, 15) is 9.18 Å². The van der Waals surface area contributed by atoms with Gasteiger partial charge >= 0.3 is 0 Å². The van der Waals surface area contributed by atoms with Crippen LogP contribution in [0.5, 0.6) is 0 Å². The van der Waals surface area contributed by atoms with Gasteiger partial charge in [0.1, 0.15) is 5.82 Å². The summed E-state index contributed by atoms with van der Waals surface area (Å²) < 4.78 is 13.8. The zero-order valence-corrected chi connectivity index (χ0v) is 12.9. The van der Waals surface area contributed by atoms with Crippen LogP contribution in [0.15, 0.2) is 42.5 Å². The van der Waals surface area contributed by atoms with Gasteiger partial charge in [0.2, 0.25) is 5.91 Å². The molecule has 1 N–H and O–H groups in total. The van der Waals surface area contributed by atoms with E-state index in [4.69, 9.17) is 11.6 Å². The van der Waals surface area contributed by atoms with E-state index in [0.717, 1.165) is 19.3 Å². The van der Waals surface area contributed by atoms with Crippen molar-refractivity contribution in [3.8, 4) is 0 Å². The molecular weight excluding hydrogens is 301 g/mol. The standard InChI is InChI=1S/C18H17ClFNO/c19-14-9-8-13(16(20)11-14)10-18(22)21-17-7-3-5-12-4-1-2-6-15(12)17/h1-2,4,6,8-9,11,17H,3,5,7,10H2,(H,21,22)/t17-/m0/s1. The highest BCUT2D eigenvalue weighted by atomic mass is 35.5. The minimum absolute atomic E-state index is 0.0211. The van der Waals surface area contributed by atoms with Crippen LogP contribution in [0, 0.1) is 5.82 Å². The lowest BCUT2D eigenvalue weighted by Gasteiger charge is -2.26. The summed E-state index contributed by atoms with van der Waals surface area (Å²) in [5, 5.41) is 3.36. The summed E-state index contributed by atoms with van der Waals surface area (Å²) in [6, 6.07) is 12.6. The molecule has 2 aromatic rings. The van der Waals surface area contributed by atoms with Crippen molar-refractivity contribution in [3.63, 3.8) is 0 Å². The fraction of sp³-hybridized carbons (Fsp3) is 0.278. The van der Waals surface area contributed by atoms with E-state index >= 15 is 0 Å². The normalized spacial score (nSPS) is 16.9. The molecule has 0 saturated carbocycles. The highest BCUT2D eigenvalue weighted by Crippen LogP contribution is 2.29. The van der Waals surface area contributed by atoms with Gasteiger partial charge in [-0.05, 0) is 48.1 Å². The highest BCUT2D eigenvalue weighted by molar-refractivity contribution is 6.30. The number of benzene rings is 2. The van der Waals surface area contributed by atoms with Gasteiger partial charge < -0.3 is 5.32 Å². The van der Waals surface area contributed by atoms with Crippen LogP contribution in [-0.4, -0.2) is 5.91 Å². The van der Waals surface area contributed by atoms with Crippen molar-refractivity contribution in [2.24, 2.45) is 0 Å². The molecule has 2 nitrogen and oxygen atoms in total. The number of rotatable bonds is 3. The van der Waals surface area contributed by atoms with Gasteiger partial charge in [-0.25, -0.2) is 4.39 Å². The predicted molar refractivity (Wildman–Crippen MR) is 85.4 cm³/mol. The van der Waals surface area contributed by atoms with Crippen molar-refractivity contribution in [2.75, 3.05) is 0 Å². The molecule has 1 atom stereocenters. The second-order valence-corrected chi connectivity index (χ2v) is 6.06. The molecule has 0 radical (unpaired) electrons. The van der Waals surface area contributed by atoms with Gasteiger partial charge in [0.05, 0.1) is 12.5 Å². The summed E-state index contributed by atoms with van der Waals surface area (Å²) in [5.41, 5.74) is 2.83. The van der Waals surface area contributed by atoms with E-state index in [1.54, 1.807) is 12.1 Å². The summed E-state index contributed by atoms with van der Waals surface area (Å²) in [7, 11) is 0. The van der Waals surface area contributed by atoms with E-state index in [1.165, 1.54) is 17.2 Å². The molecule has 1 amide bonds. The molecule has 3 rings (SSSR count). The number of carbonyl (C=O) groups excluding carboxylic acids is 1. The number of nitrogens with one attached hydrogen (secondary N) is 1. The fourth-order valence-electron chi connectivity index (χ4n) is 2.99. The minimum Gasteiger partial charge on any atom is -0.349 e. The molecule has 4 heteroatoms. The summed E-state index contributed by atoms with van der Waals surface area (Å²) in [6.07, 6.45) is 3.05.